The molecule has 3 aliphatic rings. The molecule has 7 heteroatoms. The summed E-state index contributed by atoms with van der Waals surface area (Å²) in [7, 11) is 1.68. The zero-order valence-corrected chi connectivity index (χ0v) is 15.9. The molecule has 3 saturated heterocycles. The Kier molecular flexibility index (Phi) is 4.85. The average Bonchev–Trinajstić information content (AvgIpc) is 3.26. The molecule has 5 rings (SSSR count). The highest BCUT2D eigenvalue weighted by Crippen LogP contribution is 2.39. The second-order valence-electron chi connectivity index (χ2n) is 6.22. The van der Waals surface area contributed by atoms with Gasteiger partial charge in [0.05, 0.1) is 20.4 Å². The minimum Gasteiger partial charge on any atom is -0.487 e. The van der Waals surface area contributed by atoms with Gasteiger partial charge >= 0.3 is 0 Å². The van der Waals surface area contributed by atoms with Gasteiger partial charge in [0, 0.05) is 12.6 Å². The molecule has 24 heavy (non-hydrogen) atoms. The molecule has 5 heterocycles. The summed E-state index contributed by atoms with van der Waals surface area (Å²) in [5.41, 5.74) is 0. The van der Waals surface area contributed by atoms with E-state index < -0.39 is 0 Å². The second kappa shape index (κ2) is 7.07. The van der Waals surface area contributed by atoms with E-state index >= 15 is 0 Å². The number of nitrogens with zero attached hydrogens (tertiary/aromatic N) is 1. The standard InChI is InChI=1S/C17H20N2O2S3/c1-21-14-3-5-16(23-14)24-15-4-2-13(22-15)17(20)18-12-10-19-8-6-11(12)7-9-19/h2-5,11-12H,6-10H2,1H3,(H,18,20). The van der Waals surface area contributed by atoms with Crippen LogP contribution < -0.4 is 10.1 Å². The molecule has 4 nitrogen and oxygen atoms in total. The van der Waals surface area contributed by atoms with Gasteiger partial charge < -0.3 is 15.0 Å². The Morgan fingerprint density at radius 1 is 1.21 bits per heavy atom. The number of hydrogen-bond acceptors (Lipinski definition) is 6. The Labute approximate surface area is 154 Å². The van der Waals surface area contributed by atoms with Crippen LogP contribution in [0.3, 0.4) is 0 Å². The summed E-state index contributed by atoms with van der Waals surface area (Å²) in [6.07, 6.45) is 2.44. The first-order chi connectivity index (χ1) is 11.7. The zero-order valence-electron chi connectivity index (χ0n) is 13.5. The molecule has 2 bridgehead atoms. The molecule has 0 radical (unpaired) electrons. The first-order valence-electron chi connectivity index (χ1n) is 8.16. The Morgan fingerprint density at radius 2 is 1.96 bits per heavy atom. The van der Waals surface area contributed by atoms with E-state index in [0.717, 1.165) is 20.7 Å². The van der Waals surface area contributed by atoms with Crippen LogP contribution in [0.1, 0.15) is 22.5 Å². The summed E-state index contributed by atoms with van der Waals surface area (Å²) >= 11 is 4.88. The molecule has 1 unspecified atom stereocenters. The lowest BCUT2D eigenvalue weighted by Crippen LogP contribution is -2.57. The summed E-state index contributed by atoms with van der Waals surface area (Å²) in [6, 6.07) is 8.32. The van der Waals surface area contributed by atoms with E-state index in [2.05, 4.69) is 16.3 Å². The number of fused-ring (bicyclic) bond motifs is 3. The minimum absolute atomic E-state index is 0.0781. The number of amides is 1. The molecule has 0 saturated carbocycles. The summed E-state index contributed by atoms with van der Waals surface area (Å²) in [4.78, 5) is 15.8. The summed E-state index contributed by atoms with van der Waals surface area (Å²) in [5.74, 6) is 0.737. The molecule has 1 N–H and O–H groups in total. The van der Waals surface area contributed by atoms with Crippen molar-refractivity contribution in [3.8, 4) is 5.06 Å². The predicted molar refractivity (Wildman–Crippen MR) is 99.7 cm³/mol. The van der Waals surface area contributed by atoms with Crippen molar-refractivity contribution in [3.05, 3.63) is 29.1 Å². The molecule has 1 amide bonds. The molecule has 128 valence electrons. The van der Waals surface area contributed by atoms with Crippen molar-refractivity contribution in [1.29, 1.82) is 0 Å². The molecule has 1 atom stereocenters. The fourth-order valence-corrected chi connectivity index (χ4v) is 6.64. The minimum atomic E-state index is 0.0781. The molecule has 0 spiro atoms. The van der Waals surface area contributed by atoms with Gasteiger partial charge in [-0.05, 0) is 56.1 Å². The largest absolute Gasteiger partial charge is 0.487 e. The molecular formula is C17H20N2O2S3. The smallest absolute Gasteiger partial charge is 0.261 e. The first-order valence-corrected chi connectivity index (χ1v) is 10.6. The summed E-state index contributed by atoms with van der Waals surface area (Å²) in [6.45, 7) is 3.40. The van der Waals surface area contributed by atoms with Gasteiger partial charge in [0.2, 0.25) is 0 Å². The third-order valence-electron chi connectivity index (χ3n) is 4.74. The van der Waals surface area contributed by atoms with Gasteiger partial charge in [-0.3, -0.25) is 4.79 Å². The Bertz CT molecular complexity index is 719. The molecule has 3 aliphatic heterocycles. The fourth-order valence-electron chi connectivity index (χ4n) is 3.43. The number of carbonyl (C=O) groups excluding carboxylic acids is 1. The molecule has 2 aromatic heterocycles. The van der Waals surface area contributed by atoms with Crippen LogP contribution in [0.2, 0.25) is 0 Å². The van der Waals surface area contributed by atoms with Crippen LogP contribution in [-0.4, -0.2) is 43.6 Å². The highest BCUT2D eigenvalue weighted by Gasteiger charge is 2.35. The summed E-state index contributed by atoms with van der Waals surface area (Å²) < 4.78 is 7.54. The highest BCUT2D eigenvalue weighted by atomic mass is 32.2. The molecule has 2 aromatic rings. The van der Waals surface area contributed by atoms with Crippen molar-refractivity contribution in [3.63, 3.8) is 0 Å². The van der Waals surface area contributed by atoms with Crippen LogP contribution in [0.15, 0.2) is 32.7 Å². The van der Waals surface area contributed by atoms with Gasteiger partial charge in [-0.15, -0.1) is 11.3 Å². The first kappa shape index (κ1) is 16.4. The monoisotopic (exact) mass is 380 g/mol. The van der Waals surface area contributed by atoms with Crippen molar-refractivity contribution < 1.29 is 9.53 Å². The number of nitrogens with one attached hydrogen (secondary N) is 1. The van der Waals surface area contributed by atoms with Gasteiger partial charge in [0.25, 0.3) is 5.91 Å². The highest BCUT2D eigenvalue weighted by molar-refractivity contribution is 8.02. The van der Waals surface area contributed by atoms with E-state index in [4.69, 9.17) is 4.74 Å². The number of carbonyl (C=O) groups is 1. The van der Waals surface area contributed by atoms with E-state index in [0.29, 0.717) is 12.0 Å². The average molecular weight is 381 g/mol. The number of rotatable bonds is 5. The fraction of sp³-hybridized carbons (Fsp3) is 0.471. The molecule has 0 aromatic carbocycles. The topological polar surface area (TPSA) is 41.6 Å². The molecular weight excluding hydrogens is 360 g/mol. The van der Waals surface area contributed by atoms with Gasteiger partial charge in [-0.2, -0.15) is 0 Å². The third kappa shape index (κ3) is 3.49. The van der Waals surface area contributed by atoms with E-state index in [1.165, 1.54) is 30.1 Å². The lowest BCUT2D eigenvalue weighted by atomic mass is 9.84. The maximum Gasteiger partial charge on any atom is 0.261 e. The van der Waals surface area contributed by atoms with Crippen LogP contribution in [0.4, 0.5) is 0 Å². The van der Waals surface area contributed by atoms with E-state index in [1.54, 1.807) is 41.5 Å². The van der Waals surface area contributed by atoms with Crippen LogP contribution in [0, 0.1) is 5.92 Å². The van der Waals surface area contributed by atoms with E-state index in [9.17, 15) is 4.79 Å². The number of hydrogen-bond donors (Lipinski definition) is 1. The van der Waals surface area contributed by atoms with Crippen LogP contribution in [0.25, 0.3) is 0 Å². The molecule has 3 fully saturated rings. The number of methoxy groups -OCH3 is 1. The van der Waals surface area contributed by atoms with Gasteiger partial charge in [-0.1, -0.05) is 23.1 Å². The van der Waals surface area contributed by atoms with E-state index in [-0.39, 0.29) is 5.91 Å². The lowest BCUT2D eigenvalue weighted by molar-refractivity contribution is 0.0622. The van der Waals surface area contributed by atoms with Crippen LogP contribution in [0.5, 0.6) is 5.06 Å². The number of thiophene rings is 2. The third-order valence-corrected chi connectivity index (χ3v) is 8.13. The van der Waals surface area contributed by atoms with E-state index in [1.807, 2.05) is 18.2 Å². The lowest BCUT2D eigenvalue weighted by Gasteiger charge is -2.44. The van der Waals surface area contributed by atoms with Crippen molar-refractivity contribution in [2.75, 3.05) is 26.7 Å². The van der Waals surface area contributed by atoms with Gasteiger partial charge in [0.15, 0.2) is 5.06 Å². The van der Waals surface area contributed by atoms with Gasteiger partial charge in [0.1, 0.15) is 0 Å². The number of piperidine rings is 3. The molecule has 0 aliphatic carbocycles. The summed E-state index contributed by atoms with van der Waals surface area (Å²) in [5, 5.41) is 4.17. The van der Waals surface area contributed by atoms with Crippen molar-refractivity contribution in [1.82, 2.24) is 10.2 Å². The Morgan fingerprint density at radius 3 is 2.62 bits per heavy atom. The number of ether oxygens (including phenoxy) is 1. The van der Waals surface area contributed by atoms with Gasteiger partial charge in [-0.25, -0.2) is 0 Å². The van der Waals surface area contributed by atoms with Crippen molar-refractivity contribution >= 4 is 40.3 Å². The van der Waals surface area contributed by atoms with Crippen molar-refractivity contribution in [2.45, 2.75) is 27.3 Å². The SMILES string of the molecule is COc1ccc(Sc2ccc(C(=O)NC3CN4CCC3CC4)s2)s1. The second-order valence-corrected chi connectivity index (χ2v) is 9.95. The van der Waals surface area contributed by atoms with Crippen LogP contribution >= 0.6 is 34.4 Å². The predicted octanol–water partition coefficient (Wildman–Crippen LogP) is 3.79. The maximum absolute atomic E-state index is 12.6. The maximum atomic E-state index is 12.6. The van der Waals surface area contributed by atoms with Crippen molar-refractivity contribution in [2.24, 2.45) is 5.92 Å². The Balaban J connectivity index is 1.38. The van der Waals surface area contributed by atoms with Crippen LogP contribution in [-0.2, 0) is 0 Å². The zero-order chi connectivity index (χ0) is 16.5. The quantitative estimate of drug-likeness (QED) is 0.857. The normalized spacial score (nSPS) is 25.6. The Hall–Kier alpha value is -1.02.